The minimum absolute atomic E-state index is 0. The van der Waals surface area contributed by atoms with Crippen LogP contribution < -0.4 is 24.0 Å². The quantitative estimate of drug-likeness (QED) is 0.423. The fraction of sp³-hybridized carbons (Fsp3) is 0. The van der Waals surface area contributed by atoms with Gasteiger partial charge in [-0.15, -0.1) is 0 Å². The molecule has 0 fully saturated rings. The summed E-state index contributed by atoms with van der Waals surface area (Å²) in [6.45, 7) is 0. The summed E-state index contributed by atoms with van der Waals surface area (Å²) in [5.74, 6) is -1.23. The number of carbonyl (C=O) groups excluding carboxylic acids is 1. The molecule has 1 aromatic carbocycles. The van der Waals surface area contributed by atoms with Crippen molar-refractivity contribution < 1.29 is 28.8 Å². The summed E-state index contributed by atoms with van der Waals surface area (Å²) < 4.78 is 0. The fourth-order valence-corrected chi connectivity index (χ4v) is 0.745. The molecule has 0 N–H and O–H groups in total. The van der Waals surface area contributed by atoms with Crippen LogP contribution in [0.5, 0.6) is 0 Å². The van der Waals surface area contributed by atoms with Crippen LogP contribution in [0.25, 0.3) is 0 Å². The van der Waals surface area contributed by atoms with Gasteiger partial charge in [-0.3, -0.25) is 0 Å². The van der Waals surface area contributed by atoms with Crippen molar-refractivity contribution in [2.75, 3.05) is 0 Å². The molecule has 2 nitrogen and oxygen atoms in total. The molecule has 52 valence electrons. The van der Waals surface area contributed by atoms with Gasteiger partial charge in [-0.25, -0.2) is 0 Å². The third kappa shape index (κ3) is 4.26. The van der Waals surface area contributed by atoms with Gasteiger partial charge in [0, 0.05) is 29.9 Å². The SMILES string of the molecule is O=C([O-])c1cc[c]c(Cl)c1.[Li+].[Li]. The molecule has 1 aromatic rings. The van der Waals surface area contributed by atoms with Crippen molar-refractivity contribution in [2.24, 2.45) is 0 Å². The number of benzene rings is 1. The predicted octanol–water partition coefficient (Wildman–Crippen LogP) is -2.87. The Morgan fingerprint density at radius 2 is 2.17 bits per heavy atom. The first-order valence-corrected chi connectivity index (χ1v) is 2.96. The Morgan fingerprint density at radius 3 is 2.50 bits per heavy atom. The summed E-state index contributed by atoms with van der Waals surface area (Å²) in [6, 6.07) is 6.70. The van der Waals surface area contributed by atoms with Crippen molar-refractivity contribution >= 4 is 36.4 Å². The number of halogens is 1. The number of hydrogen-bond acceptors (Lipinski definition) is 2. The van der Waals surface area contributed by atoms with E-state index in [1.165, 1.54) is 18.2 Å². The first-order valence-electron chi connectivity index (χ1n) is 2.59. The van der Waals surface area contributed by atoms with Crippen LogP contribution in [0.1, 0.15) is 10.4 Å². The molecule has 1 rings (SSSR count). The zero-order valence-corrected chi connectivity index (χ0v) is 7.68. The Kier molecular flexibility index (Phi) is 8.16. The van der Waals surface area contributed by atoms with Crippen LogP contribution >= 0.6 is 11.6 Å². The number of rotatable bonds is 1. The summed E-state index contributed by atoms with van der Waals surface area (Å²) >= 11 is 5.44. The summed E-state index contributed by atoms with van der Waals surface area (Å²) in [7, 11) is 0. The van der Waals surface area contributed by atoms with Gasteiger partial charge in [-0.05, 0) is 11.6 Å². The maximum absolute atomic E-state index is 10.2. The summed E-state index contributed by atoms with van der Waals surface area (Å²) in [5.41, 5.74) is 0.0729. The molecular weight excluding hydrogens is 165 g/mol. The van der Waals surface area contributed by atoms with Gasteiger partial charge in [0.05, 0.1) is 5.97 Å². The molecule has 0 saturated carbocycles. The Labute approximate surface area is 99.7 Å². The molecule has 0 saturated heterocycles. The van der Waals surface area contributed by atoms with E-state index in [0.29, 0.717) is 0 Å². The average Bonchev–Trinajstić information content (AvgIpc) is 1.88. The monoisotopic (exact) mass is 168 g/mol. The third-order valence-corrected chi connectivity index (χ3v) is 1.22. The van der Waals surface area contributed by atoms with Crippen molar-refractivity contribution in [1.82, 2.24) is 0 Å². The molecule has 0 aliphatic heterocycles. The Balaban J connectivity index is 0. The Hall–Kier alpha value is 0.175. The molecule has 0 heterocycles. The van der Waals surface area contributed by atoms with E-state index >= 15 is 0 Å². The van der Waals surface area contributed by atoms with Crippen molar-refractivity contribution in [3.05, 3.63) is 34.9 Å². The number of hydrogen-bond donors (Lipinski definition) is 0. The van der Waals surface area contributed by atoms with E-state index in [1.54, 1.807) is 0 Å². The van der Waals surface area contributed by atoms with E-state index in [4.69, 9.17) is 11.6 Å². The van der Waals surface area contributed by atoms with E-state index in [2.05, 4.69) is 6.07 Å². The smallest absolute Gasteiger partial charge is 0.545 e. The van der Waals surface area contributed by atoms with Crippen LogP contribution in [-0.4, -0.2) is 24.8 Å². The van der Waals surface area contributed by atoms with Crippen LogP contribution in [0.15, 0.2) is 18.2 Å². The van der Waals surface area contributed by atoms with Gasteiger partial charge in [0.1, 0.15) is 0 Å². The molecular formula is C7H3ClLi2O2. The Bertz CT molecular complexity index is 265. The first-order chi connectivity index (χ1) is 4.70. The van der Waals surface area contributed by atoms with Crippen molar-refractivity contribution in [3.8, 4) is 0 Å². The summed E-state index contributed by atoms with van der Waals surface area (Å²) in [6.07, 6.45) is 0. The zero-order valence-electron chi connectivity index (χ0n) is 6.93. The molecule has 0 bridgehead atoms. The van der Waals surface area contributed by atoms with E-state index in [9.17, 15) is 9.90 Å². The molecule has 0 unspecified atom stereocenters. The molecule has 0 aliphatic carbocycles. The molecule has 0 amide bonds. The maximum Gasteiger partial charge on any atom is 1.00 e. The average molecular weight is 168 g/mol. The second-order valence-electron chi connectivity index (χ2n) is 1.71. The van der Waals surface area contributed by atoms with Gasteiger partial charge >= 0.3 is 18.9 Å². The van der Waals surface area contributed by atoms with E-state index < -0.39 is 5.97 Å². The van der Waals surface area contributed by atoms with Gasteiger partial charge < -0.3 is 9.90 Å². The van der Waals surface area contributed by atoms with Crippen molar-refractivity contribution in [1.29, 1.82) is 0 Å². The van der Waals surface area contributed by atoms with E-state index in [1.807, 2.05) is 0 Å². The second kappa shape index (κ2) is 6.67. The van der Waals surface area contributed by atoms with Crippen LogP contribution in [0.4, 0.5) is 0 Å². The summed E-state index contributed by atoms with van der Waals surface area (Å²) in [5, 5.41) is 10.4. The molecule has 2 radical (unpaired) electrons. The molecule has 12 heavy (non-hydrogen) atoms. The standard InChI is InChI=1S/C7H4ClO2.2Li/c8-6-3-1-2-5(4-6)7(9)10;;/h1-2,4H,(H,9,10);;/q;;+1/p-1. The van der Waals surface area contributed by atoms with Gasteiger partial charge in [0.25, 0.3) is 0 Å². The molecule has 0 aliphatic rings. The summed E-state index contributed by atoms with van der Waals surface area (Å²) in [4.78, 5) is 10.2. The minimum atomic E-state index is -1.23. The molecule has 0 spiro atoms. The number of carbonyl (C=O) groups is 1. The predicted molar refractivity (Wildman–Crippen MR) is 40.4 cm³/mol. The number of aromatic carboxylic acids is 1. The first kappa shape index (κ1) is 14.7. The van der Waals surface area contributed by atoms with Gasteiger partial charge in [0.15, 0.2) is 0 Å². The van der Waals surface area contributed by atoms with Crippen molar-refractivity contribution in [2.45, 2.75) is 0 Å². The van der Waals surface area contributed by atoms with Gasteiger partial charge in [-0.2, -0.15) is 0 Å². The fourth-order valence-electron chi connectivity index (χ4n) is 0.564. The zero-order chi connectivity index (χ0) is 7.56. The van der Waals surface area contributed by atoms with E-state index in [0.717, 1.165) is 0 Å². The second-order valence-corrected chi connectivity index (χ2v) is 2.12. The minimum Gasteiger partial charge on any atom is -0.545 e. The molecule has 0 aromatic heterocycles. The molecule has 5 heteroatoms. The topological polar surface area (TPSA) is 40.1 Å². The normalized spacial score (nSPS) is 7.75. The van der Waals surface area contributed by atoms with Crippen LogP contribution in [-0.2, 0) is 0 Å². The molecule has 0 atom stereocenters. The van der Waals surface area contributed by atoms with Crippen LogP contribution in [0.3, 0.4) is 0 Å². The van der Waals surface area contributed by atoms with Gasteiger partial charge in [0.2, 0.25) is 0 Å². The van der Waals surface area contributed by atoms with Crippen molar-refractivity contribution in [3.63, 3.8) is 0 Å². The Morgan fingerprint density at radius 1 is 1.58 bits per heavy atom. The third-order valence-electron chi connectivity index (χ3n) is 1.00. The number of carboxylic acid groups (broad SMARTS) is 1. The van der Waals surface area contributed by atoms with Gasteiger partial charge in [-0.1, -0.05) is 23.7 Å². The van der Waals surface area contributed by atoms with E-state index in [-0.39, 0.29) is 48.3 Å². The maximum atomic E-state index is 10.2. The van der Waals surface area contributed by atoms with Crippen LogP contribution in [0.2, 0.25) is 5.02 Å². The van der Waals surface area contributed by atoms with Crippen LogP contribution in [0, 0.1) is 6.07 Å². The number of carboxylic acids is 1. The largest absolute Gasteiger partial charge is 1.00 e.